The van der Waals surface area contributed by atoms with Gasteiger partial charge in [-0.2, -0.15) is 0 Å². The standard InChI is InChI=1S/C18H23N5O/c1-14-20-21-16-11-22(9-10-23(14)16)12-17(24)19-13-18(7-8-18)15-5-3-2-4-6-15/h2-6H,7-13H2,1H3,(H,19,24). The van der Waals surface area contributed by atoms with E-state index in [0.717, 1.165) is 44.1 Å². The molecule has 1 N–H and O–H groups in total. The quantitative estimate of drug-likeness (QED) is 0.899. The summed E-state index contributed by atoms with van der Waals surface area (Å²) in [6.45, 7) is 5.55. The van der Waals surface area contributed by atoms with Crippen molar-refractivity contribution in [2.45, 2.75) is 38.3 Å². The third kappa shape index (κ3) is 2.94. The lowest BCUT2D eigenvalue weighted by Crippen LogP contribution is -2.43. The Labute approximate surface area is 141 Å². The summed E-state index contributed by atoms with van der Waals surface area (Å²) in [5.74, 6) is 2.00. The third-order valence-electron chi connectivity index (χ3n) is 5.25. The molecule has 24 heavy (non-hydrogen) atoms. The van der Waals surface area contributed by atoms with E-state index in [-0.39, 0.29) is 11.3 Å². The summed E-state index contributed by atoms with van der Waals surface area (Å²) in [4.78, 5) is 14.5. The maximum atomic E-state index is 12.3. The number of benzene rings is 1. The van der Waals surface area contributed by atoms with E-state index in [0.29, 0.717) is 13.1 Å². The number of carbonyl (C=O) groups is 1. The number of hydrogen-bond donors (Lipinski definition) is 1. The predicted octanol–water partition coefficient (Wildman–Crippen LogP) is 1.25. The van der Waals surface area contributed by atoms with Gasteiger partial charge in [0.15, 0.2) is 0 Å². The van der Waals surface area contributed by atoms with E-state index < -0.39 is 0 Å². The Morgan fingerprint density at radius 2 is 2.00 bits per heavy atom. The van der Waals surface area contributed by atoms with Gasteiger partial charge in [0.1, 0.15) is 11.6 Å². The molecule has 0 saturated heterocycles. The number of aryl methyl sites for hydroxylation is 1. The van der Waals surface area contributed by atoms with Crippen molar-refractivity contribution in [3.8, 4) is 0 Å². The Hall–Kier alpha value is -2.21. The molecule has 6 heteroatoms. The first-order chi connectivity index (χ1) is 11.7. The predicted molar refractivity (Wildman–Crippen MR) is 90.4 cm³/mol. The smallest absolute Gasteiger partial charge is 0.234 e. The van der Waals surface area contributed by atoms with Crippen molar-refractivity contribution in [2.24, 2.45) is 0 Å². The fourth-order valence-corrected chi connectivity index (χ4v) is 3.52. The summed E-state index contributed by atoms with van der Waals surface area (Å²) >= 11 is 0. The van der Waals surface area contributed by atoms with Crippen LogP contribution in [0.25, 0.3) is 0 Å². The fourth-order valence-electron chi connectivity index (χ4n) is 3.52. The normalized spacial score (nSPS) is 18.9. The summed E-state index contributed by atoms with van der Waals surface area (Å²) in [6, 6.07) is 10.5. The van der Waals surface area contributed by atoms with Gasteiger partial charge in [0.2, 0.25) is 5.91 Å². The average Bonchev–Trinajstić information content (AvgIpc) is 3.32. The van der Waals surface area contributed by atoms with Gasteiger partial charge < -0.3 is 9.88 Å². The van der Waals surface area contributed by atoms with Gasteiger partial charge in [0.25, 0.3) is 0 Å². The summed E-state index contributed by atoms with van der Waals surface area (Å²) in [6.07, 6.45) is 2.31. The lowest BCUT2D eigenvalue weighted by Gasteiger charge is -2.27. The second kappa shape index (κ2) is 6.02. The molecule has 0 radical (unpaired) electrons. The highest BCUT2D eigenvalue weighted by Gasteiger charge is 2.44. The van der Waals surface area contributed by atoms with Crippen molar-refractivity contribution >= 4 is 5.91 Å². The number of nitrogens with zero attached hydrogens (tertiary/aromatic N) is 4. The molecule has 2 aliphatic rings. The third-order valence-corrected chi connectivity index (χ3v) is 5.25. The molecule has 6 nitrogen and oxygen atoms in total. The number of amides is 1. The first-order valence-corrected chi connectivity index (χ1v) is 8.60. The zero-order valence-electron chi connectivity index (χ0n) is 14.0. The summed E-state index contributed by atoms with van der Waals surface area (Å²) in [5.41, 5.74) is 1.50. The molecule has 0 bridgehead atoms. The van der Waals surface area contributed by atoms with Crippen molar-refractivity contribution < 1.29 is 4.79 Å². The fraction of sp³-hybridized carbons (Fsp3) is 0.500. The van der Waals surface area contributed by atoms with Crippen molar-refractivity contribution in [3.63, 3.8) is 0 Å². The number of carbonyl (C=O) groups excluding carboxylic acids is 1. The molecule has 1 fully saturated rings. The summed E-state index contributed by atoms with van der Waals surface area (Å²) in [5, 5.41) is 11.4. The summed E-state index contributed by atoms with van der Waals surface area (Å²) in [7, 11) is 0. The molecule has 0 atom stereocenters. The van der Waals surface area contributed by atoms with Crippen LogP contribution in [-0.4, -0.2) is 45.2 Å². The lowest BCUT2D eigenvalue weighted by molar-refractivity contribution is -0.122. The molecular weight excluding hydrogens is 302 g/mol. The molecule has 1 saturated carbocycles. The lowest BCUT2D eigenvalue weighted by atomic mass is 9.96. The van der Waals surface area contributed by atoms with Crippen LogP contribution in [-0.2, 0) is 23.3 Å². The molecule has 1 aliphatic carbocycles. The second-order valence-electron chi connectivity index (χ2n) is 6.95. The SMILES string of the molecule is Cc1nnc2n1CCN(CC(=O)NCC1(c3ccccc3)CC1)C2. The molecule has 1 aromatic carbocycles. The molecule has 0 spiro atoms. The number of nitrogens with one attached hydrogen (secondary N) is 1. The Kier molecular flexibility index (Phi) is 3.84. The Morgan fingerprint density at radius 1 is 1.21 bits per heavy atom. The van der Waals surface area contributed by atoms with Crippen LogP contribution in [0.5, 0.6) is 0 Å². The maximum Gasteiger partial charge on any atom is 0.234 e. The largest absolute Gasteiger partial charge is 0.354 e. The van der Waals surface area contributed by atoms with Crippen LogP contribution in [0.2, 0.25) is 0 Å². The Bertz CT molecular complexity index is 735. The van der Waals surface area contributed by atoms with Crippen LogP contribution >= 0.6 is 0 Å². The Morgan fingerprint density at radius 3 is 2.75 bits per heavy atom. The van der Waals surface area contributed by atoms with E-state index >= 15 is 0 Å². The number of aromatic nitrogens is 3. The van der Waals surface area contributed by atoms with E-state index in [1.54, 1.807) is 0 Å². The van der Waals surface area contributed by atoms with Gasteiger partial charge in [-0.3, -0.25) is 9.69 Å². The zero-order valence-corrected chi connectivity index (χ0v) is 14.0. The van der Waals surface area contributed by atoms with Crippen molar-refractivity contribution in [3.05, 3.63) is 47.5 Å². The molecule has 2 aromatic rings. The van der Waals surface area contributed by atoms with Crippen LogP contribution in [0.4, 0.5) is 0 Å². The summed E-state index contributed by atoms with van der Waals surface area (Å²) < 4.78 is 2.13. The van der Waals surface area contributed by atoms with E-state index in [9.17, 15) is 4.79 Å². The molecule has 1 aromatic heterocycles. The first kappa shape index (κ1) is 15.3. The topological polar surface area (TPSA) is 63.1 Å². The number of hydrogen-bond acceptors (Lipinski definition) is 4. The van der Waals surface area contributed by atoms with E-state index in [1.165, 1.54) is 5.56 Å². The van der Waals surface area contributed by atoms with Crippen LogP contribution in [0.1, 0.15) is 30.1 Å². The van der Waals surface area contributed by atoms with Crippen LogP contribution in [0.3, 0.4) is 0 Å². The van der Waals surface area contributed by atoms with Gasteiger partial charge in [-0.1, -0.05) is 30.3 Å². The highest BCUT2D eigenvalue weighted by Crippen LogP contribution is 2.47. The maximum absolute atomic E-state index is 12.3. The van der Waals surface area contributed by atoms with Crippen molar-refractivity contribution in [2.75, 3.05) is 19.6 Å². The molecule has 2 heterocycles. The van der Waals surface area contributed by atoms with Gasteiger partial charge in [-0.25, -0.2) is 0 Å². The highest BCUT2D eigenvalue weighted by atomic mass is 16.2. The van der Waals surface area contributed by atoms with Gasteiger partial charge in [0, 0.05) is 25.0 Å². The molecule has 4 rings (SSSR count). The molecule has 1 amide bonds. The van der Waals surface area contributed by atoms with E-state index in [2.05, 4.69) is 49.2 Å². The second-order valence-corrected chi connectivity index (χ2v) is 6.95. The minimum absolute atomic E-state index is 0.0990. The number of fused-ring (bicyclic) bond motifs is 1. The van der Waals surface area contributed by atoms with Crippen molar-refractivity contribution in [1.82, 2.24) is 25.0 Å². The molecule has 1 aliphatic heterocycles. The average molecular weight is 325 g/mol. The van der Waals surface area contributed by atoms with Crippen LogP contribution in [0, 0.1) is 6.92 Å². The zero-order chi connectivity index (χ0) is 16.6. The molecule has 0 unspecified atom stereocenters. The minimum atomic E-state index is 0.0990. The molecule has 126 valence electrons. The van der Waals surface area contributed by atoms with Gasteiger partial charge in [-0.15, -0.1) is 10.2 Å². The highest BCUT2D eigenvalue weighted by molar-refractivity contribution is 5.78. The van der Waals surface area contributed by atoms with E-state index in [1.807, 2.05) is 13.0 Å². The first-order valence-electron chi connectivity index (χ1n) is 8.60. The van der Waals surface area contributed by atoms with Gasteiger partial charge in [0.05, 0.1) is 13.1 Å². The Balaban J connectivity index is 1.30. The van der Waals surface area contributed by atoms with E-state index in [4.69, 9.17) is 0 Å². The van der Waals surface area contributed by atoms with Crippen LogP contribution < -0.4 is 5.32 Å². The monoisotopic (exact) mass is 325 g/mol. The van der Waals surface area contributed by atoms with Crippen molar-refractivity contribution in [1.29, 1.82) is 0 Å². The number of rotatable bonds is 5. The molecular formula is C18H23N5O. The van der Waals surface area contributed by atoms with Crippen LogP contribution in [0.15, 0.2) is 30.3 Å². The van der Waals surface area contributed by atoms with Gasteiger partial charge in [-0.05, 0) is 25.3 Å². The van der Waals surface area contributed by atoms with Gasteiger partial charge >= 0.3 is 0 Å². The minimum Gasteiger partial charge on any atom is -0.354 e.